The number of benzene rings is 1. The fraction of sp³-hybridized carbons (Fsp3) is 0.455. The van der Waals surface area contributed by atoms with Crippen molar-refractivity contribution >= 4 is 27.3 Å². The normalized spacial score (nSPS) is 12.5. The first-order valence-corrected chi connectivity index (χ1v) is 7.29. The van der Waals surface area contributed by atoms with E-state index in [2.05, 4.69) is 4.72 Å². The summed E-state index contributed by atoms with van der Waals surface area (Å²) >= 11 is 5.65. The van der Waals surface area contributed by atoms with Gasteiger partial charge in [-0.25, -0.2) is 17.2 Å². The van der Waals surface area contributed by atoms with Crippen LogP contribution in [0.1, 0.15) is 13.8 Å². The van der Waals surface area contributed by atoms with Crippen molar-refractivity contribution in [1.82, 2.24) is 0 Å². The SMILES string of the molecule is COC(C)(C)CS(=O)(=O)Nc1cc(F)c(F)cc1Cl. The number of halogens is 3. The zero-order valence-corrected chi connectivity index (χ0v) is 12.2. The maximum absolute atomic E-state index is 13.0. The van der Waals surface area contributed by atoms with Crippen molar-refractivity contribution in [2.45, 2.75) is 19.4 Å². The van der Waals surface area contributed by atoms with E-state index in [-0.39, 0.29) is 16.5 Å². The second kappa shape index (κ2) is 5.60. The van der Waals surface area contributed by atoms with E-state index in [1.165, 1.54) is 7.11 Å². The highest BCUT2D eigenvalue weighted by Crippen LogP contribution is 2.26. The van der Waals surface area contributed by atoms with Crippen molar-refractivity contribution in [1.29, 1.82) is 0 Å². The molecule has 1 aromatic carbocycles. The molecule has 0 amide bonds. The first-order chi connectivity index (χ1) is 8.56. The Bertz CT molecular complexity index is 576. The lowest BCUT2D eigenvalue weighted by Gasteiger charge is -2.23. The third-order valence-corrected chi connectivity index (χ3v) is 4.28. The largest absolute Gasteiger partial charge is 0.378 e. The molecular weight excluding hydrogens is 300 g/mol. The fourth-order valence-corrected chi connectivity index (χ4v) is 3.18. The fourth-order valence-electron chi connectivity index (χ4n) is 1.32. The van der Waals surface area contributed by atoms with E-state index < -0.39 is 27.3 Å². The van der Waals surface area contributed by atoms with Crippen molar-refractivity contribution in [3.05, 3.63) is 28.8 Å². The Hall–Kier alpha value is -0.920. The Morgan fingerprint density at radius 2 is 1.84 bits per heavy atom. The molecule has 8 heteroatoms. The highest BCUT2D eigenvalue weighted by atomic mass is 35.5. The average Bonchev–Trinajstić information content (AvgIpc) is 2.24. The molecule has 1 N–H and O–H groups in total. The summed E-state index contributed by atoms with van der Waals surface area (Å²) in [7, 11) is -2.43. The van der Waals surface area contributed by atoms with Gasteiger partial charge in [0.25, 0.3) is 0 Å². The summed E-state index contributed by atoms with van der Waals surface area (Å²) in [6.07, 6.45) is 0. The van der Waals surface area contributed by atoms with Crippen LogP contribution in [-0.4, -0.2) is 26.9 Å². The molecule has 108 valence electrons. The summed E-state index contributed by atoms with van der Waals surface area (Å²) in [6, 6.07) is 1.39. The van der Waals surface area contributed by atoms with Gasteiger partial charge in [-0.1, -0.05) is 11.6 Å². The lowest BCUT2D eigenvalue weighted by molar-refractivity contribution is 0.0426. The van der Waals surface area contributed by atoms with Gasteiger partial charge in [-0.15, -0.1) is 0 Å². The monoisotopic (exact) mass is 313 g/mol. The van der Waals surface area contributed by atoms with Crippen LogP contribution in [0.4, 0.5) is 14.5 Å². The van der Waals surface area contributed by atoms with Crippen molar-refractivity contribution < 1.29 is 21.9 Å². The van der Waals surface area contributed by atoms with Crippen molar-refractivity contribution in [3.8, 4) is 0 Å². The second-order valence-corrected chi connectivity index (χ2v) is 6.70. The molecule has 1 aromatic rings. The summed E-state index contributed by atoms with van der Waals surface area (Å²) in [4.78, 5) is 0. The van der Waals surface area contributed by atoms with Gasteiger partial charge in [-0.3, -0.25) is 4.72 Å². The standard InChI is InChI=1S/C11H14ClF2NO3S/c1-11(2,18-3)6-19(16,17)15-10-5-9(14)8(13)4-7(10)12/h4-5,15H,6H2,1-3H3. The topological polar surface area (TPSA) is 55.4 Å². The lowest BCUT2D eigenvalue weighted by Crippen LogP contribution is -2.35. The molecule has 0 spiro atoms. The van der Waals surface area contributed by atoms with Crippen LogP contribution in [0.3, 0.4) is 0 Å². The quantitative estimate of drug-likeness (QED) is 0.850. The molecule has 0 aliphatic rings. The second-order valence-electron chi connectivity index (χ2n) is 4.57. The Morgan fingerprint density at radius 1 is 1.32 bits per heavy atom. The molecule has 4 nitrogen and oxygen atoms in total. The lowest BCUT2D eigenvalue weighted by atomic mass is 10.2. The van der Waals surface area contributed by atoms with Crippen LogP contribution in [0.25, 0.3) is 0 Å². The number of nitrogens with one attached hydrogen (secondary N) is 1. The molecular formula is C11H14ClF2NO3S. The number of anilines is 1. The molecule has 1 rings (SSSR count). The minimum Gasteiger partial charge on any atom is -0.378 e. The zero-order valence-electron chi connectivity index (χ0n) is 10.6. The molecule has 0 aliphatic carbocycles. The third-order valence-electron chi connectivity index (χ3n) is 2.37. The minimum absolute atomic E-state index is 0.215. The van der Waals surface area contributed by atoms with Gasteiger partial charge in [0.1, 0.15) is 0 Å². The average molecular weight is 314 g/mol. The molecule has 0 atom stereocenters. The van der Waals surface area contributed by atoms with E-state index in [4.69, 9.17) is 16.3 Å². The van der Waals surface area contributed by atoms with Gasteiger partial charge in [0.2, 0.25) is 10.0 Å². The van der Waals surface area contributed by atoms with E-state index in [0.717, 1.165) is 0 Å². The van der Waals surface area contributed by atoms with E-state index in [1.54, 1.807) is 13.8 Å². The highest BCUT2D eigenvalue weighted by Gasteiger charge is 2.26. The van der Waals surface area contributed by atoms with Crippen molar-refractivity contribution in [3.63, 3.8) is 0 Å². The summed E-state index contributed by atoms with van der Waals surface area (Å²) in [5, 5.41) is -0.224. The van der Waals surface area contributed by atoms with Gasteiger partial charge < -0.3 is 4.74 Å². The molecule has 0 fully saturated rings. The summed E-state index contributed by atoms with van der Waals surface area (Å²) < 4.78 is 56.7. The van der Waals surface area contributed by atoms with Gasteiger partial charge in [-0.05, 0) is 19.9 Å². The van der Waals surface area contributed by atoms with E-state index >= 15 is 0 Å². The van der Waals surface area contributed by atoms with E-state index in [9.17, 15) is 17.2 Å². The predicted molar refractivity (Wildman–Crippen MR) is 69.9 cm³/mol. The third kappa shape index (κ3) is 4.59. The van der Waals surface area contributed by atoms with Gasteiger partial charge >= 0.3 is 0 Å². The van der Waals surface area contributed by atoms with Crippen molar-refractivity contribution in [2.24, 2.45) is 0 Å². The Labute approximate surface area is 115 Å². The van der Waals surface area contributed by atoms with Gasteiger partial charge in [-0.2, -0.15) is 0 Å². The maximum atomic E-state index is 13.0. The zero-order chi connectivity index (χ0) is 14.8. The molecule has 0 aromatic heterocycles. The maximum Gasteiger partial charge on any atom is 0.235 e. The molecule has 0 saturated heterocycles. The number of sulfonamides is 1. The number of hydrogen-bond donors (Lipinski definition) is 1. The van der Waals surface area contributed by atoms with Crippen LogP contribution < -0.4 is 4.72 Å². The first kappa shape index (κ1) is 16.1. The molecule has 0 saturated carbocycles. The molecule has 19 heavy (non-hydrogen) atoms. The highest BCUT2D eigenvalue weighted by molar-refractivity contribution is 7.92. The van der Waals surface area contributed by atoms with Crippen LogP contribution >= 0.6 is 11.6 Å². The summed E-state index contributed by atoms with van der Waals surface area (Å²) in [6.45, 7) is 3.16. The first-order valence-electron chi connectivity index (χ1n) is 5.26. The summed E-state index contributed by atoms with van der Waals surface area (Å²) in [5.41, 5.74) is -1.14. The predicted octanol–water partition coefficient (Wildman–Crippen LogP) is 2.78. The molecule has 0 unspecified atom stereocenters. The Morgan fingerprint density at radius 3 is 2.37 bits per heavy atom. The Balaban J connectivity index is 2.99. The van der Waals surface area contributed by atoms with Crippen LogP contribution in [-0.2, 0) is 14.8 Å². The van der Waals surface area contributed by atoms with Crippen molar-refractivity contribution in [2.75, 3.05) is 17.6 Å². The number of methoxy groups -OCH3 is 1. The molecule has 0 radical (unpaired) electrons. The van der Waals surface area contributed by atoms with Gasteiger partial charge in [0.05, 0.1) is 22.1 Å². The van der Waals surface area contributed by atoms with Gasteiger partial charge in [0.15, 0.2) is 11.6 Å². The van der Waals surface area contributed by atoms with Crippen LogP contribution in [0.5, 0.6) is 0 Å². The summed E-state index contributed by atoms with van der Waals surface area (Å²) in [5.74, 6) is -2.69. The van der Waals surface area contributed by atoms with E-state index in [1.807, 2.05) is 0 Å². The van der Waals surface area contributed by atoms with Crippen LogP contribution in [0.15, 0.2) is 12.1 Å². The Kier molecular flexibility index (Phi) is 4.76. The number of rotatable bonds is 5. The number of ether oxygens (including phenoxy) is 1. The number of hydrogen-bond acceptors (Lipinski definition) is 3. The van der Waals surface area contributed by atoms with Gasteiger partial charge in [0, 0.05) is 13.2 Å². The van der Waals surface area contributed by atoms with E-state index in [0.29, 0.717) is 12.1 Å². The van der Waals surface area contributed by atoms with Crippen LogP contribution in [0, 0.1) is 11.6 Å². The minimum atomic E-state index is -3.81. The molecule has 0 aliphatic heterocycles. The molecule has 0 heterocycles. The smallest absolute Gasteiger partial charge is 0.235 e. The molecule has 0 bridgehead atoms. The van der Waals surface area contributed by atoms with Crippen LogP contribution in [0.2, 0.25) is 5.02 Å².